The van der Waals surface area contributed by atoms with Gasteiger partial charge in [-0.1, -0.05) is 61.5 Å². The van der Waals surface area contributed by atoms with Crippen molar-refractivity contribution in [2.24, 2.45) is 5.92 Å². The van der Waals surface area contributed by atoms with Crippen LogP contribution in [0.1, 0.15) is 66.7 Å². The summed E-state index contributed by atoms with van der Waals surface area (Å²) in [5.74, 6) is 1.32. The van der Waals surface area contributed by atoms with Crippen LogP contribution < -0.4 is 4.74 Å². The molecule has 3 aromatic carbocycles. The van der Waals surface area contributed by atoms with Gasteiger partial charge in [-0.3, -0.25) is 4.79 Å². The summed E-state index contributed by atoms with van der Waals surface area (Å²) in [6, 6.07) is 28.5. The molecule has 0 aliphatic heterocycles. The molecule has 1 fully saturated rings. The van der Waals surface area contributed by atoms with Crippen LogP contribution in [0.25, 0.3) is 0 Å². The van der Waals surface area contributed by atoms with Gasteiger partial charge in [0.2, 0.25) is 0 Å². The molecule has 3 heteroatoms. The van der Waals surface area contributed by atoms with E-state index in [1.807, 2.05) is 0 Å². The van der Waals surface area contributed by atoms with E-state index in [0.29, 0.717) is 23.1 Å². The molecule has 0 aromatic heterocycles. The molecule has 1 atom stereocenters. The lowest BCUT2D eigenvalue weighted by molar-refractivity contribution is -0.140. The number of nitrogens with zero attached hydrogens (tertiary/aromatic N) is 1. The summed E-state index contributed by atoms with van der Waals surface area (Å²) in [7, 11) is 0. The molecule has 0 amide bonds. The molecule has 1 aliphatic rings. The van der Waals surface area contributed by atoms with Gasteiger partial charge in [0.1, 0.15) is 5.75 Å². The molecular formula is C29H29NO2. The Morgan fingerprint density at radius 2 is 1.59 bits per heavy atom. The van der Waals surface area contributed by atoms with Gasteiger partial charge in [-0.25, -0.2) is 0 Å². The minimum absolute atomic E-state index is 0.0483. The van der Waals surface area contributed by atoms with Crippen LogP contribution in [-0.2, 0) is 11.2 Å². The number of rotatable bonds is 6. The summed E-state index contributed by atoms with van der Waals surface area (Å²) < 4.78 is 5.54. The van der Waals surface area contributed by atoms with E-state index in [-0.39, 0.29) is 11.9 Å². The van der Waals surface area contributed by atoms with Crippen molar-refractivity contribution in [2.45, 2.75) is 50.9 Å². The molecular weight excluding hydrogens is 394 g/mol. The number of benzene rings is 3. The third-order valence-electron chi connectivity index (χ3n) is 6.62. The van der Waals surface area contributed by atoms with Crippen molar-refractivity contribution >= 4 is 5.97 Å². The fourth-order valence-corrected chi connectivity index (χ4v) is 4.64. The van der Waals surface area contributed by atoms with E-state index in [4.69, 9.17) is 10.00 Å². The van der Waals surface area contributed by atoms with Crippen molar-refractivity contribution in [1.82, 2.24) is 0 Å². The minimum atomic E-state index is -0.154. The number of nitriles is 1. The van der Waals surface area contributed by atoms with Gasteiger partial charge in [-0.15, -0.1) is 0 Å². The van der Waals surface area contributed by atoms with Crippen LogP contribution in [0.4, 0.5) is 0 Å². The number of carbonyl (C=O) groups excluding carboxylic acids is 1. The van der Waals surface area contributed by atoms with E-state index in [1.54, 1.807) is 24.3 Å². The number of ether oxygens (including phenoxy) is 1. The highest BCUT2D eigenvalue weighted by Gasteiger charge is 2.28. The minimum Gasteiger partial charge on any atom is -0.426 e. The molecule has 1 saturated carbocycles. The average molecular weight is 424 g/mol. The molecule has 1 aliphatic carbocycles. The Morgan fingerprint density at radius 1 is 0.938 bits per heavy atom. The summed E-state index contributed by atoms with van der Waals surface area (Å²) in [5, 5.41) is 8.88. The first-order chi connectivity index (χ1) is 15.6. The third-order valence-corrected chi connectivity index (χ3v) is 6.62. The van der Waals surface area contributed by atoms with E-state index in [0.717, 1.165) is 32.1 Å². The summed E-state index contributed by atoms with van der Waals surface area (Å²) in [6.07, 6.45) is 4.76. The van der Waals surface area contributed by atoms with Crippen LogP contribution in [0.3, 0.4) is 0 Å². The molecule has 4 rings (SSSR count). The van der Waals surface area contributed by atoms with Crippen LogP contribution in [-0.4, -0.2) is 5.97 Å². The molecule has 1 unspecified atom stereocenters. The highest BCUT2D eigenvalue weighted by Crippen LogP contribution is 2.36. The normalized spacial score (nSPS) is 19.0. The second-order valence-corrected chi connectivity index (χ2v) is 8.86. The largest absolute Gasteiger partial charge is 0.426 e. The van der Waals surface area contributed by atoms with Crippen LogP contribution >= 0.6 is 0 Å². The molecule has 162 valence electrons. The van der Waals surface area contributed by atoms with Gasteiger partial charge in [-0.05, 0) is 84.9 Å². The fourth-order valence-electron chi connectivity index (χ4n) is 4.64. The molecule has 32 heavy (non-hydrogen) atoms. The van der Waals surface area contributed by atoms with Crippen LogP contribution in [0, 0.1) is 17.2 Å². The maximum Gasteiger partial charge on any atom is 0.314 e. The Morgan fingerprint density at radius 3 is 2.22 bits per heavy atom. The smallest absolute Gasteiger partial charge is 0.314 e. The van der Waals surface area contributed by atoms with Crippen molar-refractivity contribution < 1.29 is 9.53 Å². The average Bonchev–Trinajstić information content (AvgIpc) is 2.85. The monoisotopic (exact) mass is 423 g/mol. The predicted octanol–water partition coefficient (Wildman–Crippen LogP) is 6.78. The summed E-state index contributed by atoms with van der Waals surface area (Å²) in [4.78, 5) is 12.5. The molecule has 0 heterocycles. The van der Waals surface area contributed by atoms with Crippen LogP contribution in [0.2, 0.25) is 0 Å². The van der Waals surface area contributed by atoms with Gasteiger partial charge in [0.25, 0.3) is 0 Å². The third kappa shape index (κ3) is 5.45. The van der Waals surface area contributed by atoms with Gasteiger partial charge >= 0.3 is 5.97 Å². The maximum atomic E-state index is 12.5. The summed E-state index contributed by atoms with van der Waals surface area (Å²) >= 11 is 0. The Balaban J connectivity index is 1.28. The zero-order chi connectivity index (χ0) is 22.3. The number of hydrogen-bond donors (Lipinski definition) is 0. The van der Waals surface area contributed by atoms with Crippen LogP contribution in [0.15, 0.2) is 78.9 Å². The van der Waals surface area contributed by atoms with Crippen molar-refractivity contribution in [3.63, 3.8) is 0 Å². The Labute approximate surface area is 190 Å². The quantitative estimate of drug-likeness (QED) is 0.324. The van der Waals surface area contributed by atoms with Crippen molar-refractivity contribution in [3.05, 3.63) is 101 Å². The lowest BCUT2D eigenvalue weighted by atomic mass is 9.78. The lowest BCUT2D eigenvalue weighted by Gasteiger charge is -2.27. The molecule has 0 N–H and O–H groups in total. The van der Waals surface area contributed by atoms with E-state index in [9.17, 15) is 4.79 Å². The fraction of sp³-hybridized carbons (Fsp3) is 0.310. The number of esters is 1. The second kappa shape index (κ2) is 10.3. The first kappa shape index (κ1) is 21.8. The molecule has 0 radical (unpaired) electrons. The molecule has 0 saturated heterocycles. The zero-order valence-corrected chi connectivity index (χ0v) is 18.5. The van der Waals surface area contributed by atoms with Gasteiger partial charge in [0.05, 0.1) is 17.6 Å². The Bertz CT molecular complexity index is 1060. The molecule has 0 bridgehead atoms. The van der Waals surface area contributed by atoms with Gasteiger partial charge in [0.15, 0.2) is 0 Å². The number of hydrogen-bond acceptors (Lipinski definition) is 3. The second-order valence-electron chi connectivity index (χ2n) is 8.86. The van der Waals surface area contributed by atoms with Crippen molar-refractivity contribution in [2.75, 3.05) is 0 Å². The highest BCUT2D eigenvalue weighted by molar-refractivity contribution is 5.75. The molecule has 3 nitrogen and oxygen atoms in total. The van der Waals surface area contributed by atoms with E-state index >= 15 is 0 Å². The standard InChI is InChI=1S/C29H29NO2/c1-21(24-5-3-2-4-6-24)19-22-7-11-25(12-8-22)26-13-15-27(16-14-26)29(31)32-28-17-9-23(20-30)10-18-28/h2-12,17-18,21,26-27H,13-16,19H2,1H3. The molecule has 0 spiro atoms. The Kier molecular flexibility index (Phi) is 7.02. The van der Waals surface area contributed by atoms with Gasteiger partial charge in [0, 0.05) is 0 Å². The SMILES string of the molecule is CC(Cc1ccc(C2CCC(C(=O)Oc3ccc(C#N)cc3)CC2)cc1)c1ccccc1. The van der Waals surface area contributed by atoms with Crippen LogP contribution in [0.5, 0.6) is 5.75 Å². The van der Waals surface area contributed by atoms with E-state index in [2.05, 4.69) is 67.6 Å². The predicted molar refractivity (Wildman–Crippen MR) is 126 cm³/mol. The lowest BCUT2D eigenvalue weighted by Crippen LogP contribution is -2.25. The van der Waals surface area contributed by atoms with Gasteiger partial charge in [-0.2, -0.15) is 5.26 Å². The summed E-state index contributed by atoms with van der Waals surface area (Å²) in [6.45, 7) is 2.28. The zero-order valence-electron chi connectivity index (χ0n) is 18.5. The highest BCUT2D eigenvalue weighted by atomic mass is 16.5. The maximum absolute atomic E-state index is 12.5. The van der Waals surface area contributed by atoms with Crippen molar-refractivity contribution in [1.29, 1.82) is 5.26 Å². The number of carbonyl (C=O) groups is 1. The van der Waals surface area contributed by atoms with E-state index in [1.165, 1.54) is 16.7 Å². The first-order valence-corrected chi connectivity index (χ1v) is 11.5. The van der Waals surface area contributed by atoms with E-state index < -0.39 is 0 Å². The summed E-state index contributed by atoms with van der Waals surface area (Å²) in [5.41, 5.74) is 4.68. The Hall–Kier alpha value is -3.38. The molecule has 3 aromatic rings. The van der Waals surface area contributed by atoms with Gasteiger partial charge < -0.3 is 4.74 Å². The topological polar surface area (TPSA) is 50.1 Å². The first-order valence-electron chi connectivity index (χ1n) is 11.5. The van der Waals surface area contributed by atoms with Crippen molar-refractivity contribution in [3.8, 4) is 11.8 Å².